The summed E-state index contributed by atoms with van der Waals surface area (Å²) in [5.74, 6) is 1.47. The van der Waals surface area contributed by atoms with E-state index >= 15 is 0 Å². The lowest BCUT2D eigenvalue weighted by molar-refractivity contribution is 0.481. The van der Waals surface area contributed by atoms with Gasteiger partial charge < -0.3 is 4.42 Å². The maximum atomic E-state index is 11.1. The van der Waals surface area contributed by atoms with E-state index in [0.717, 1.165) is 5.56 Å². The normalized spacial score (nSPS) is 12.0. The van der Waals surface area contributed by atoms with Crippen LogP contribution in [0.1, 0.15) is 25.7 Å². The maximum Gasteiger partial charge on any atom is 0.238 e. The average Bonchev–Trinajstić information content (AvgIpc) is 2.77. The summed E-state index contributed by atoms with van der Waals surface area (Å²) in [5, 5.41) is 5.03. The Morgan fingerprint density at radius 1 is 1.22 bits per heavy atom. The minimum absolute atomic E-state index is 0.0786. The number of hydrogen-bond acceptors (Lipinski definition) is 4. The molecule has 6 heteroatoms. The summed E-state index contributed by atoms with van der Waals surface area (Å²) in [5.41, 5.74) is 0.766. The van der Waals surface area contributed by atoms with Gasteiger partial charge in [0, 0.05) is 11.5 Å². The maximum absolute atomic E-state index is 11.1. The highest BCUT2D eigenvalue weighted by Gasteiger charge is 2.11. The van der Waals surface area contributed by atoms with Crippen LogP contribution in [0.25, 0.3) is 11.3 Å². The van der Waals surface area contributed by atoms with Crippen LogP contribution in [0.3, 0.4) is 0 Å². The van der Waals surface area contributed by atoms with Crippen LogP contribution in [0.4, 0.5) is 0 Å². The lowest BCUT2D eigenvalue weighted by Gasteiger charge is -2.00. The summed E-state index contributed by atoms with van der Waals surface area (Å²) < 4.78 is 27.8. The largest absolute Gasteiger partial charge is 0.440 e. The van der Waals surface area contributed by atoms with Crippen molar-refractivity contribution >= 4 is 10.0 Å². The molecule has 0 amide bonds. The molecule has 2 N–H and O–H groups in total. The van der Waals surface area contributed by atoms with Crippen molar-refractivity contribution < 1.29 is 12.8 Å². The van der Waals surface area contributed by atoms with Gasteiger partial charge in [-0.3, -0.25) is 0 Å². The highest BCUT2D eigenvalue weighted by molar-refractivity contribution is 7.89. The molecule has 96 valence electrons. The molecule has 2 aromatic rings. The number of nitrogens with two attached hydrogens (primary N) is 1. The zero-order chi connectivity index (χ0) is 13.3. The number of oxazole rings is 1. The summed E-state index contributed by atoms with van der Waals surface area (Å²) >= 11 is 0. The van der Waals surface area contributed by atoms with Crippen molar-refractivity contribution in [3.8, 4) is 11.3 Å². The van der Waals surface area contributed by atoms with Gasteiger partial charge in [-0.15, -0.1) is 0 Å². The van der Waals surface area contributed by atoms with Gasteiger partial charge in [-0.2, -0.15) is 0 Å². The van der Waals surface area contributed by atoms with Crippen LogP contribution in [0.5, 0.6) is 0 Å². The fraction of sp³-hybridized carbons (Fsp3) is 0.250. The first-order chi connectivity index (χ1) is 8.38. The van der Waals surface area contributed by atoms with E-state index in [4.69, 9.17) is 9.56 Å². The van der Waals surface area contributed by atoms with E-state index in [9.17, 15) is 8.42 Å². The highest BCUT2D eigenvalue weighted by Crippen LogP contribution is 2.24. The Morgan fingerprint density at radius 2 is 1.83 bits per heavy atom. The zero-order valence-corrected chi connectivity index (χ0v) is 10.9. The third-order valence-corrected chi connectivity index (χ3v) is 3.41. The van der Waals surface area contributed by atoms with E-state index in [1.54, 1.807) is 18.3 Å². The second-order valence-corrected chi connectivity index (χ2v) is 5.85. The van der Waals surface area contributed by atoms with Crippen molar-refractivity contribution in [3.05, 3.63) is 36.4 Å². The second-order valence-electron chi connectivity index (χ2n) is 4.29. The van der Waals surface area contributed by atoms with Crippen molar-refractivity contribution in [2.45, 2.75) is 24.7 Å². The van der Waals surface area contributed by atoms with Crippen molar-refractivity contribution in [1.29, 1.82) is 0 Å². The number of rotatable bonds is 3. The molecule has 0 aliphatic carbocycles. The summed E-state index contributed by atoms with van der Waals surface area (Å²) in [6, 6.07) is 6.18. The molecule has 1 aromatic heterocycles. The number of benzene rings is 1. The van der Waals surface area contributed by atoms with Crippen LogP contribution in [0.2, 0.25) is 0 Å². The molecule has 0 bridgehead atoms. The van der Waals surface area contributed by atoms with Gasteiger partial charge in [0.05, 0.1) is 11.1 Å². The Labute approximate surface area is 106 Å². The van der Waals surface area contributed by atoms with Crippen molar-refractivity contribution in [1.82, 2.24) is 4.98 Å². The zero-order valence-electron chi connectivity index (χ0n) is 10.1. The van der Waals surface area contributed by atoms with Gasteiger partial charge in [-0.1, -0.05) is 13.8 Å². The van der Waals surface area contributed by atoms with E-state index in [0.29, 0.717) is 11.7 Å². The Morgan fingerprint density at radius 3 is 2.28 bits per heavy atom. The number of sulfonamides is 1. The fourth-order valence-electron chi connectivity index (χ4n) is 1.50. The van der Waals surface area contributed by atoms with Crippen LogP contribution >= 0.6 is 0 Å². The van der Waals surface area contributed by atoms with E-state index in [1.165, 1.54) is 12.1 Å². The predicted octanol–water partition coefficient (Wildman–Crippen LogP) is 2.11. The van der Waals surface area contributed by atoms with E-state index < -0.39 is 10.0 Å². The van der Waals surface area contributed by atoms with Gasteiger partial charge in [0.15, 0.2) is 11.7 Å². The number of nitrogens with zero attached hydrogens (tertiary/aromatic N) is 1. The fourth-order valence-corrected chi connectivity index (χ4v) is 2.01. The Kier molecular flexibility index (Phi) is 3.23. The molecule has 1 aromatic carbocycles. The Balaban J connectivity index is 2.34. The predicted molar refractivity (Wildman–Crippen MR) is 67.4 cm³/mol. The smallest absolute Gasteiger partial charge is 0.238 e. The molecule has 0 aliphatic heterocycles. The monoisotopic (exact) mass is 266 g/mol. The summed E-state index contributed by atoms with van der Waals surface area (Å²) in [6.45, 7) is 3.97. The number of aromatic nitrogens is 1. The quantitative estimate of drug-likeness (QED) is 0.921. The average molecular weight is 266 g/mol. The third-order valence-electron chi connectivity index (χ3n) is 2.48. The van der Waals surface area contributed by atoms with Crippen LogP contribution in [-0.4, -0.2) is 13.4 Å². The Bertz CT molecular complexity index is 642. The van der Waals surface area contributed by atoms with Crippen LogP contribution in [0, 0.1) is 0 Å². The molecule has 1 heterocycles. The van der Waals surface area contributed by atoms with Crippen molar-refractivity contribution in [3.63, 3.8) is 0 Å². The molecule has 0 saturated heterocycles. The van der Waals surface area contributed by atoms with Gasteiger partial charge in [0.1, 0.15) is 0 Å². The van der Waals surface area contributed by atoms with Gasteiger partial charge >= 0.3 is 0 Å². The molecule has 0 spiro atoms. The molecule has 0 fully saturated rings. The standard InChI is InChI=1S/C12H14N2O3S/c1-8(2)12-14-7-11(17-12)9-3-5-10(6-4-9)18(13,15)16/h3-8H,1-2H3,(H2,13,15,16). The molecule has 2 rings (SSSR count). The first kappa shape index (κ1) is 12.8. The Hall–Kier alpha value is -1.66. The minimum Gasteiger partial charge on any atom is -0.440 e. The first-order valence-electron chi connectivity index (χ1n) is 5.47. The molecule has 5 nitrogen and oxygen atoms in total. The topological polar surface area (TPSA) is 86.2 Å². The summed E-state index contributed by atoms with van der Waals surface area (Å²) in [7, 11) is -3.66. The molecule has 0 aliphatic rings. The van der Waals surface area contributed by atoms with Gasteiger partial charge in [0.2, 0.25) is 10.0 Å². The van der Waals surface area contributed by atoms with Gasteiger partial charge in [-0.05, 0) is 24.3 Å². The molecule has 0 radical (unpaired) electrons. The van der Waals surface area contributed by atoms with E-state index in [-0.39, 0.29) is 10.8 Å². The molecule has 0 saturated carbocycles. The lowest BCUT2D eigenvalue weighted by atomic mass is 10.2. The van der Waals surface area contributed by atoms with Crippen molar-refractivity contribution in [2.75, 3.05) is 0 Å². The van der Waals surface area contributed by atoms with E-state index in [2.05, 4.69) is 4.98 Å². The minimum atomic E-state index is -3.66. The SMILES string of the molecule is CC(C)c1ncc(-c2ccc(S(N)(=O)=O)cc2)o1. The highest BCUT2D eigenvalue weighted by atomic mass is 32.2. The summed E-state index contributed by atoms with van der Waals surface area (Å²) in [6.07, 6.45) is 1.63. The molecular weight excluding hydrogens is 252 g/mol. The van der Waals surface area contributed by atoms with Crippen molar-refractivity contribution in [2.24, 2.45) is 5.14 Å². The second kappa shape index (κ2) is 4.55. The third kappa shape index (κ3) is 2.60. The summed E-state index contributed by atoms with van der Waals surface area (Å²) in [4.78, 5) is 4.23. The van der Waals surface area contributed by atoms with Crippen LogP contribution in [0.15, 0.2) is 39.8 Å². The van der Waals surface area contributed by atoms with Crippen LogP contribution in [-0.2, 0) is 10.0 Å². The molecule has 18 heavy (non-hydrogen) atoms. The van der Waals surface area contributed by atoms with E-state index in [1.807, 2.05) is 13.8 Å². The first-order valence-corrected chi connectivity index (χ1v) is 7.01. The van der Waals surface area contributed by atoms with Gasteiger partial charge in [-0.25, -0.2) is 18.5 Å². The molecule has 0 unspecified atom stereocenters. The van der Waals surface area contributed by atoms with Crippen LogP contribution < -0.4 is 5.14 Å². The van der Waals surface area contributed by atoms with Gasteiger partial charge in [0.25, 0.3) is 0 Å². The number of primary sulfonamides is 1. The number of hydrogen-bond donors (Lipinski definition) is 1. The lowest BCUT2D eigenvalue weighted by Crippen LogP contribution is -2.11. The molecular formula is C12H14N2O3S. The molecule has 0 atom stereocenters.